The number of aliphatic imine (C=N–C) groups is 1. The van der Waals surface area contributed by atoms with Crippen molar-refractivity contribution in [3.63, 3.8) is 0 Å². The molecule has 0 aliphatic heterocycles. The highest BCUT2D eigenvalue weighted by atomic mass is 32.1. The van der Waals surface area contributed by atoms with E-state index >= 15 is 0 Å². The Balaban J connectivity index is 1.82. The Hall–Kier alpha value is -1.82. The first kappa shape index (κ1) is 14.6. The molecule has 108 valence electrons. The van der Waals surface area contributed by atoms with E-state index < -0.39 is 0 Å². The van der Waals surface area contributed by atoms with E-state index in [1.165, 1.54) is 10.6 Å². The van der Waals surface area contributed by atoms with Crippen molar-refractivity contribution in [1.82, 2.24) is 20.2 Å². The van der Waals surface area contributed by atoms with Crippen molar-refractivity contribution in [2.24, 2.45) is 12.0 Å². The Kier molecular flexibility index (Phi) is 5.17. The lowest BCUT2D eigenvalue weighted by Crippen LogP contribution is -2.36. The summed E-state index contributed by atoms with van der Waals surface area (Å²) in [6.07, 6.45) is 5.02. The quantitative estimate of drug-likeness (QED) is 0.653. The largest absolute Gasteiger partial charge is 0.353 e. The fourth-order valence-corrected chi connectivity index (χ4v) is 2.63. The monoisotopic (exact) mass is 291 g/mol. The van der Waals surface area contributed by atoms with Crippen molar-refractivity contribution in [1.29, 1.82) is 0 Å². The van der Waals surface area contributed by atoms with E-state index in [9.17, 15) is 0 Å². The Labute approximate surface area is 123 Å². The molecule has 0 unspecified atom stereocenters. The van der Waals surface area contributed by atoms with Crippen molar-refractivity contribution >= 4 is 17.3 Å². The fourth-order valence-electron chi connectivity index (χ4n) is 1.83. The molecule has 6 heteroatoms. The van der Waals surface area contributed by atoms with Gasteiger partial charge in [-0.1, -0.05) is 6.92 Å². The molecule has 0 fully saturated rings. The standard InChI is InChI=1S/C14H21N5S/c1-4-12-9-16-13(20-12)10-18-14(15-2)17-8-11-6-5-7-19(11)3/h5-7,9H,4,8,10H2,1-3H3,(H2,15,17,18). The van der Waals surface area contributed by atoms with E-state index in [-0.39, 0.29) is 0 Å². The summed E-state index contributed by atoms with van der Waals surface area (Å²) in [7, 11) is 3.81. The van der Waals surface area contributed by atoms with Gasteiger partial charge in [-0.2, -0.15) is 0 Å². The number of nitrogens with one attached hydrogen (secondary N) is 2. The topological polar surface area (TPSA) is 54.2 Å². The number of nitrogens with zero attached hydrogens (tertiary/aromatic N) is 3. The van der Waals surface area contributed by atoms with Gasteiger partial charge in [-0.05, 0) is 18.6 Å². The molecule has 0 bridgehead atoms. The maximum absolute atomic E-state index is 4.39. The van der Waals surface area contributed by atoms with Crippen LogP contribution in [0.1, 0.15) is 22.5 Å². The molecule has 2 rings (SSSR count). The molecule has 0 aromatic carbocycles. The molecule has 0 atom stereocenters. The smallest absolute Gasteiger partial charge is 0.191 e. The van der Waals surface area contributed by atoms with Crippen molar-refractivity contribution < 1.29 is 0 Å². The first-order chi connectivity index (χ1) is 9.72. The van der Waals surface area contributed by atoms with E-state index in [1.54, 1.807) is 18.4 Å². The van der Waals surface area contributed by atoms with E-state index in [0.717, 1.165) is 23.9 Å². The zero-order valence-corrected chi connectivity index (χ0v) is 13.0. The van der Waals surface area contributed by atoms with Crippen molar-refractivity contribution in [3.8, 4) is 0 Å². The SMILES string of the molecule is CCc1cnc(CNC(=NC)NCc2cccn2C)s1. The number of aromatic nitrogens is 2. The highest BCUT2D eigenvalue weighted by molar-refractivity contribution is 7.11. The second-order valence-corrected chi connectivity index (χ2v) is 5.66. The summed E-state index contributed by atoms with van der Waals surface area (Å²) in [6.45, 7) is 3.60. The minimum Gasteiger partial charge on any atom is -0.353 e. The number of hydrogen-bond donors (Lipinski definition) is 2. The number of guanidine groups is 1. The first-order valence-corrected chi connectivity index (χ1v) is 7.53. The zero-order valence-electron chi connectivity index (χ0n) is 12.2. The minimum absolute atomic E-state index is 0.706. The van der Waals surface area contributed by atoms with Crippen LogP contribution in [0.2, 0.25) is 0 Å². The lowest BCUT2D eigenvalue weighted by molar-refractivity contribution is 0.749. The molecular formula is C14H21N5S. The first-order valence-electron chi connectivity index (χ1n) is 6.71. The van der Waals surface area contributed by atoms with Crippen LogP contribution in [0.3, 0.4) is 0 Å². The molecule has 2 aromatic rings. The van der Waals surface area contributed by atoms with Gasteiger partial charge in [0.25, 0.3) is 0 Å². The molecule has 0 aliphatic rings. The molecule has 5 nitrogen and oxygen atoms in total. The van der Waals surface area contributed by atoms with Gasteiger partial charge in [0, 0.05) is 37.1 Å². The van der Waals surface area contributed by atoms with Crippen molar-refractivity contribution in [3.05, 3.63) is 40.1 Å². The van der Waals surface area contributed by atoms with Crippen LogP contribution in [0.5, 0.6) is 0 Å². The van der Waals surface area contributed by atoms with Crippen LogP contribution < -0.4 is 10.6 Å². The van der Waals surface area contributed by atoms with Gasteiger partial charge in [-0.15, -0.1) is 11.3 Å². The molecule has 0 aliphatic carbocycles. The van der Waals surface area contributed by atoms with Gasteiger partial charge in [0.05, 0.1) is 13.1 Å². The average molecular weight is 291 g/mol. The molecule has 0 saturated heterocycles. The molecule has 0 spiro atoms. The molecular weight excluding hydrogens is 270 g/mol. The highest BCUT2D eigenvalue weighted by Gasteiger charge is 2.03. The molecule has 20 heavy (non-hydrogen) atoms. The van der Waals surface area contributed by atoms with Crippen LogP contribution >= 0.6 is 11.3 Å². The summed E-state index contributed by atoms with van der Waals surface area (Å²) < 4.78 is 2.09. The van der Waals surface area contributed by atoms with Crippen LogP contribution in [0.15, 0.2) is 29.5 Å². The van der Waals surface area contributed by atoms with Gasteiger partial charge in [-0.3, -0.25) is 4.99 Å². The number of thiazole rings is 1. The normalized spacial score (nSPS) is 11.7. The van der Waals surface area contributed by atoms with Gasteiger partial charge in [-0.25, -0.2) is 4.98 Å². The molecule has 2 heterocycles. The maximum atomic E-state index is 4.39. The van der Waals surface area contributed by atoms with Gasteiger partial charge >= 0.3 is 0 Å². The molecule has 0 amide bonds. The Bertz CT molecular complexity index is 570. The summed E-state index contributed by atoms with van der Waals surface area (Å²) in [5.41, 5.74) is 1.22. The second-order valence-electron chi connectivity index (χ2n) is 4.46. The average Bonchev–Trinajstić information content (AvgIpc) is 3.08. The summed E-state index contributed by atoms with van der Waals surface area (Å²) >= 11 is 1.74. The van der Waals surface area contributed by atoms with Gasteiger partial charge in [0.15, 0.2) is 5.96 Å². The van der Waals surface area contributed by atoms with Crippen LogP contribution in [0.25, 0.3) is 0 Å². The third-order valence-electron chi connectivity index (χ3n) is 3.07. The molecule has 0 radical (unpaired) electrons. The summed E-state index contributed by atoms with van der Waals surface area (Å²) in [5.74, 6) is 0.791. The minimum atomic E-state index is 0.706. The Morgan fingerprint density at radius 2 is 2.20 bits per heavy atom. The predicted octanol–water partition coefficient (Wildman–Crippen LogP) is 1.91. The fraction of sp³-hybridized carbons (Fsp3) is 0.429. The number of rotatable bonds is 5. The maximum Gasteiger partial charge on any atom is 0.191 e. The van der Waals surface area contributed by atoms with E-state index in [0.29, 0.717) is 6.54 Å². The van der Waals surface area contributed by atoms with E-state index in [4.69, 9.17) is 0 Å². The van der Waals surface area contributed by atoms with Crippen LogP contribution in [-0.2, 0) is 26.6 Å². The summed E-state index contributed by atoms with van der Waals surface area (Å²) in [5, 5.41) is 7.67. The van der Waals surface area contributed by atoms with Gasteiger partial charge in [0.1, 0.15) is 5.01 Å². The van der Waals surface area contributed by atoms with Gasteiger partial charge in [0.2, 0.25) is 0 Å². The molecule has 2 aromatic heterocycles. The van der Waals surface area contributed by atoms with E-state index in [2.05, 4.69) is 38.2 Å². The number of aryl methyl sites for hydroxylation is 2. The highest BCUT2D eigenvalue weighted by Crippen LogP contribution is 2.12. The third-order valence-corrected chi connectivity index (χ3v) is 4.21. The Morgan fingerprint density at radius 1 is 1.40 bits per heavy atom. The predicted molar refractivity (Wildman–Crippen MR) is 83.9 cm³/mol. The zero-order chi connectivity index (χ0) is 14.4. The number of hydrogen-bond acceptors (Lipinski definition) is 3. The van der Waals surface area contributed by atoms with Crippen LogP contribution in [0, 0.1) is 0 Å². The lowest BCUT2D eigenvalue weighted by Gasteiger charge is -2.11. The summed E-state index contributed by atoms with van der Waals surface area (Å²) in [6, 6.07) is 4.13. The Morgan fingerprint density at radius 3 is 2.80 bits per heavy atom. The van der Waals surface area contributed by atoms with Crippen molar-refractivity contribution in [2.75, 3.05) is 7.05 Å². The van der Waals surface area contributed by atoms with Crippen LogP contribution in [-0.4, -0.2) is 22.6 Å². The third kappa shape index (κ3) is 3.84. The molecule has 0 saturated carbocycles. The van der Waals surface area contributed by atoms with Gasteiger partial charge < -0.3 is 15.2 Å². The molecule has 2 N–H and O–H groups in total. The second kappa shape index (κ2) is 7.09. The van der Waals surface area contributed by atoms with Crippen LogP contribution in [0.4, 0.5) is 0 Å². The van der Waals surface area contributed by atoms with E-state index in [1.807, 2.05) is 25.5 Å². The lowest BCUT2D eigenvalue weighted by atomic mass is 10.4. The summed E-state index contributed by atoms with van der Waals surface area (Å²) in [4.78, 5) is 9.92. The van der Waals surface area contributed by atoms with Crippen molar-refractivity contribution in [2.45, 2.75) is 26.4 Å².